The van der Waals surface area contributed by atoms with E-state index in [0.29, 0.717) is 13.0 Å². The number of rotatable bonds is 11. The summed E-state index contributed by atoms with van der Waals surface area (Å²) in [6.45, 7) is 2.61. The van der Waals surface area contributed by atoms with Crippen molar-refractivity contribution in [3.05, 3.63) is 60.2 Å². The number of allylic oxidation sites excluding steroid dienone is 3. The van der Waals surface area contributed by atoms with Crippen molar-refractivity contribution in [3.8, 4) is 0 Å². The highest BCUT2D eigenvalue weighted by Gasteiger charge is 2.43. The number of unbranched alkanes of at least 4 members (excludes halogenated alkanes) is 4. The van der Waals surface area contributed by atoms with Gasteiger partial charge in [0.2, 0.25) is 5.91 Å². The second kappa shape index (κ2) is 10.2. The molecular formula is C22H31NO2. The van der Waals surface area contributed by atoms with E-state index in [-0.39, 0.29) is 11.8 Å². The van der Waals surface area contributed by atoms with Crippen molar-refractivity contribution >= 4 is 5.91 Å². The van der Waals surface area contributed by atoms with Crippen LogP contribution in [-0.2, 0) is 16.1 Å². The molecule has 0 spiro atoms. The summed E-state index contributed by atoms with van der Waals surface area (Å²) in [6, 6.07) is 9.98. The standard InChI is InChI=1S/C22H31NO2/c1-2-3-4-5-12-17-22(21(23)24,20-15-10-7-11-16-20)25-18-19-13-8-6-9-14-19/h6-11,13-15,20H,2-5,12,16-18H2,1H3,(H2,23,24). The van der Waals surface area contributed by atoms with Crippen molar-refractivity contribution in [1.82, 2.24) is 0 Å². The summed E-state index contributed by atoms with van der Waals surface area (Å²) in [6.07, 6.45) is 15.4. The molecule has 1 aromatic rings. The summed E-state index contributed by atoms with van der Waals surface area (Å²) in [5, 5.41) is 0. The van der Waals surface area contributed by atoms with Crippen LogP contribution in [0.15, 0.2) is 54.6 Å². The fourth-order valence-corrected chi connectivity index (χ4v) is 3.45. The first kappa shape index (κ1) is 19.5. The van der Waals surface area contributed by atoms with Gasteiger partial charge in [0, 0.05) is 5.92 Å². The Kier molecular flexibility index (Phi) is 7.93. The Balaban J connectivity index is 2.10. The number of carbonyl (C=O) groups is 1. The van der Waals surface area contributed by atoms with Crippen molar-refractivity contribution in [2.75, 3.05) is 0 Å². The summed E-state index contributed by atoms with van der Waals surface area (Å²) in [4.78, 5) is 12.5. The Hall–Kier alpha value is -1.87. The van der Waals surface area contributed by atoms with Crippen LogP contribution in [0.5, 0.6) is 0 Å². The zero-order chi connectivity index (χ0) is 18.0. The summed E-state index contributed by atoms with van der Waals surface area (Å²) >= 11 is 0. The summed E-state index contributed by atoms with van der Waals surface area (Å²) in [5.41, 5.74) is 6.02. The van der Waals surface area contributed by atoms with E-state index in [9.17, 15) is 4.79 Å². The van der Waals surface area contributed by atoms with E-state index in [1.807, 2.05) is 42.5 Å². The van der Waals surface area contributed by atoms with Crippen LogP contribution in [0.3, 0.4) is 0 Å². The van der Waals surface area contributed by atoms with E-state index in [4.69, 9.17) is 10.5 Å². The van der Waals surface area contributed by atoms with Crippen molar-refractivity contribution in [2.45, 2.75) is 64.1 Å². The minimum absolute atomic E-state index is 0.00453. The molecule has 0 fully saturated rings. The number of amides is 1. The van der Waals surface area contributed by atoms with Crippen molar-refractivity contribution < 1.29 is 9.53 Å². The molecule has 0 heterocycles. The quantitative estimate of drug-likeness (QED) is 0.581. The van der Waals surface area contributed by atoms with Crippen molar-refractivity contribution in [1.29, 1.82) is 0 Å². The molecule has 136 valence electrons. The molecule has 1 aromatic carbocycles. The Morgan fingerprint density at radius 2 is 1.92 bits per heavy atom. The lowest BCUT2D eigenvalue weighted by atomic mass is 9.78. The van der Waals surface area contributed by atoms with Crippen LogP contribution in [0.2, 0.25) is 0 Å². The van der Waals surface area contributed by atoms with E-state index in [1.54, 1.807) is 0 Å². The van der Waals surface area contributed by atoms with Crippen LogP contribution in [0, 0.1) is 5.92 Å². The molecule has 1 aliphatic rings. The molecule has 25 heavy (non-hydrogen) atoms. The Bertz CT molecular complexity index is 579. The minimum Gasteiger partial charge on any atom is -0.367 e. The van der Waals surface area contributed by atoms with Gasteiger partial charge in [-0.1, -0.05) is 93.7 Å². The SMILES string of the molecule is CCCCCCCC(OCc1ccccc1)(C(N)=O)C1C=CC=CC1. The maximum Gasteiger partial charge on any atom is 0.250 e. The average Bonchev–Trinajstić information content (AvgIpc) is 2.65. The Morgan fingerprint density at radius 1 is 1.16 bits per heavy atom. The molecule has 2 atom stereocenters. The minimum atomic E-state index is -0.927. The van der Waals surface area contributed by atoms with Crippen LogP contribution in [0.4, 0.5) is 0 Å². The van der Waals surface area contributed by atoms with E-state index < -0.39 is 5.60 Å². The normalized spacial score (nSPS) is 18.8. The molecule has 1 amide bonds. The lowest BCUT2D eigenvalue weighted by Crippen LogP contribution is -2.51. The lowest BCUT2D eigenvalue weighted by Gasteiger charge is -2.37. The van der Waals surface area contributed by atoms with E-state index in [0.717, 1.165) is 24.8 Å². The maximum absolute atomic E-state index is 12.5. The van der Waals surface area contributed by atoms with Gasteiger partial charge >= 0.3 is 0 Å². The Labute approximate surface area is 152 Å². The van der Waals surface area contributed by atoms with Crippen LogP contribution in [0.25, 0.3) is 0 Å². The zero-order valence-corrected chi connectivity index (χ0v) is 15.3. The summed E-state index contributed by atoms with van der Waals surface area (Å²) in [7, 11) is 0. The van der Waals surface area contributed by atoms with Crippen LogP contribution in [0.1, 0.15) is 57.4 Å². The molecule has 0 aromatic heterocycles. The van der Waals surface area contributed by atoms with Crippen molar-refractivity contribution in [3.63, 3.8) is 0 Å². The molecule has 3 nitrogen and oxygen atoms in total. The molecule has 2 rings (SSSR count). The zero-order valence-electron chi connectivity index (χ0n) is 15.3. The van der Waals surface area contributed by atoms with E-state index in [1.165, 1.54) is 19.3 Å². The van der Waals surface area contributed by atoms with E-state index in [2.05, 4.69) is 19.1 Å². The van der Waals surface area contributed by atoms with Gasteiger partial charge in [0.25, 0.3) is 0 Å². The van der Waals surface area contributed by atoms with Crippen molar-refractivity contribution in [2.24, 2.45) is 11.7 Å². The third-order valence-electron chi connectivity index (χ3n) is 4.99. The molecule has 0 bridgehead atoms. The number of nitrogens with two attached hydrogens (primary N) is 1. The molecule has 0 aliphatic heterocycles. The predicted molar refractivity (Wildman–Crippen MR) is 103 cm³/mol. The molecule has 0 saturated carbocycles. The average molecular weight is 341 g/mol. The summed E-state index contributed by atoms with van der Waals surface area (Å²) < 4.78 is 6.26. The van der Waals surface area contributed by atoms with E-state index >= 15 is 0 Å². The maximum atomic E-state index is 12.5. The molecule has 0 saturated heterocycles. The number of carbonyl (C=O) groups excluding carboxylic acids is 1. The van der Waals surface area contributed by atoms with Gasteiger partial charge < -0.3 is 10.5 Å². The van der Waals surface area contributed by atoms with Gasteiger partial charge in [-0.15, -0.1) is 0 Å². The van der Waals surface area contributed by atoms with Gasteiger partial charge in [0.15, 0.2) is 5.60 Å². The second-order valence-electron chi connectivity index (χ2n) is 6.85. The number of benzene rings is 1. The molecule has 2 unspecified atom stereocenters. The summed E-state index contributed by atoms with van der Waals surface area (Å²) in [5.74, 6) is -0.339. The van der Waals surface area contributed by atoms with Gasteiger partial charge in [0.05, 0.1) is 6.61 Å². The molecular weight excluding hydrogens is 310 g/mol. The molecule has 1 aliphatic carbocycles. The van der Waals surface area contributed by atoms with Gasteiger partial charge in [-0.3, -0.25) is 4.79 Å². The third-order valence-corrected chi connectivity index (χ3v) is 4.99. The highest BCUT2D eigenvalue weighted by molar-refractivity contribution is 5.84. The first-order valence-electron chi connectivity index (χ1n) is 9.50. The predicted octanol–water partition coefficient (Wildman–Crippen LogP) is 4.92. The lowest BCUT2D eigenvalue weighted by molar-refractivity contribution is -0.154. The third kappa shape index (κ3) is 5.57. The highest BCUT2D eigenvalue weighted by atomic mass is 16.5. The van der Waals surface area contributed by atoms with Crippen LogP contribution in [-0.4, -0.2) is 11.5 Å². The van der Waals surface area contributed by atoms with Gasteiger partial charge in [-0.05, 0) is 18.4 Å². The smallest absolute Gasteiger partial charge is 0.250 e. The number of hydrogen-bond acceptors (Lipinski definition) is 2. The van der Waals surface area contributed by atoms with Gasteiger partial charge in [-0.2, -0.15) is 0 Å². The number of hydrogen-bond donors (Lipinski definition) is 1. The highest BCUT2D eigenvalue weighted by Crippen LogP contribution is 2.35. The van der Waals surface area contributed by atoms with Crippen LogP contribution >= 0.6 is 0 Å². The largest absolute Gasteiger partial charge is 0.367 e. The molecule has 0 radical (unpaired) electrons. The van der Waals surface area contributed by atoms with Gasteiger partial charge in [-0.25, -0.2) is 0 Å². The van der Waals surface area contributed by atoms with Gasteiger partial charge in [0.1, 0.15) is 0 Å². The number of ether oxygens (including phenoxy) is 1. The second-order valence-corrected chi connectivity index (χ2v) is 6.85. The topological polar surface area (TPSA) is 52.3 Å². The number of primary amides is 1. The fraction of sp³-hybridized carbons (Fsp3) is 0.500. The fourth-order valence-electron chi connectivity index (χ4n) is 3.45. The molecule has 3 heteroatoms. The molecule has 2 N–H and O–H groups in total. The first-order chi connectivity index (χ1) is 12.2. The van der Waals surface area contributed by atoms with Crippen LogP contribution < -0.4 is 5.73 Å². The monoisotopic (exact) mass is 341 g/mol. The first-order valence-corrected chi connectivity index (χ1v) is 9.50. The Morgan fingerprint density at radius 3 is 2.56 bits per heavy atom.